The van der Waals surface area contributed by atoms with E-state index in [1.807, 2.05) is 0 Å². The van der Waals surface area contributed by atoms with Crippen molar-refractivity contribution in [2.24, 2.45) is 14.1 Å². The van der Waals surface area contributed by atoms with E-state index in [9.17, 15) is 0 Å². The Balaban J connectivity index is 1.73. The van der Waals surface area contributed by atoms with E-state index >= 15 is 0 Å². The quantitative estimate of drug-likeness (QED) is 0.559. The third-order valence-electron chi connectivity index (χ3n) is 3.28. The minimum Gasteiger partial charge on any atom is -0.208 e. The van der Waals surface area contributed by atoms with Gasteiger partial charge in [-0.15, -0.1) is 0 Å². The molecule has 2 heterocycles. The van der Waals surface area contributed by atoms with Crippen LogP contribution >= 0.6 is 0 Å². The molecule has 0 atom stereocenters. The summed E-state index contributed by atoms with van der Waals surface area (Å²) < 4.78 is 4.15. The number of aromatic nitrogens is 2. The summed E-state index contributed by atoms with van der Waals surface area (Å²) in [6, 6.07) is 8.84. The second-order valence-electron chi connectivity index (χ2n) is 4.95. The fourth-order valence-corrected chi connectivity index (χ4v) is 2.06. The molecule has 94 valence electrons. The van der Waals surface area contributed by atoms with E-state index in [4.69, 9.17) is 0 Å². The van der Waals surface area contributed by atoms with Crippen molar-refractivity contribution in [3.8, 4) is 0 Å². The Morgan fingerprint density at radius 1 is 0.667 bits per heavy atom. The standard InChI is InChI=1S/C16H22N2/c1-17-11-7-15(8-12-17)5-3-4-6-16-9-13-18(2)14-10-16/h7-14H,3-6H2,1-2H3/q+2. The zero-order valence-corrected chi connectivity index (χ0v) is 11.3. The Labute approximate surface area is 110 Å². The van der Waals surface area contributed by atoms with Crippen LogP contribution in [0.15, 0.2) is 49.1 Å². The zero-order valence-electron chi connectivity index (χ0n) is 11.3. The van der Waals surface area contributed by atoms with Crippen LogP contribution in [0.3, 0.4) is 0 Å². The largest absolute Gasteiger partial charge is 0.208 e. The van der Waals surface area contributed by atoms with Crippen molar-refractivity contribution in [3.63, 3.8) is 0 Å². The second-order valence-corrected chi connectivity index (χ2v) is 4.95. The van der Waals surface area contributed by atoms with Crippen LogP contribution < -0.4 is 9.13 Å². The van der Waals surface area contributed by atoms with Gasteiger partial charge in [0.1, 0.15) is 14.1 Å². The van der Waals surface area contributed by atoms with E-state index in [1.165, 1.54) is 36.8 Å². The highest BCUT2D eigenvalue weighted by Gasteiger charge is 1.99. The third kappa shape index (κ3) is 3.95. The van der Waals surface area contributed by atoms with Crippen molar-refractivity contribution in [3.05, 3.63) is 60.2 Å². The molecule has 0 aliphatic rings. The number of aryl methyl sites for hydroxylation is 4. The molecule has 2 nitrogen and oxygen atoms in total. The van der Waals surface area contributed by atoms with E-state index in [0.717, 1.165) is 0 Å². The number of rotatable bonds is 5. The van der Waals surface area contributed by atoms with Gasteiger partial charge in [0.2, 0.25) is 0 Å². The summed E-state index contributed by atoms with van der Waals surface area (Å²) in [5, 5.41) is 0. The van der Waals surface area contributed by atoms with E-state index < -0.39 is 0 Å². The topological polar surface area (TPSA) is 7.76 Å². The van der Waals surface area contributed by atoms with Gasteiger partial charge in [-0.3, -0.25) is 0 Å². The molecular weight excluding hydrogens is 220 g/mol. The molecule has 0 amide bonds. The summed E-state index contributed by atoms with van der Waals surface area (Å²) in [5.74, 6) is 0. The van der Waals surface area contributed by atoms with Crippen molar-refractivity contribution in [2.75, 3.05) is 0 Å². The first-order valence-electron chi connectivity index (χ1n) is 6.62. The number of hydrogen-bond acceptors (Lipinski definition) is 0. The normalized spacial score (nSPS) is 10.6. The highest BCUT2D eigenvalue weighted by molar-refractivity contribution is 5.09. The minimum absolute atomic E-state index is 1.18. The Bertz CT molecular complexity index is 424. The maximum Gasteiger partial charge on any atom is 0.168 e. The van der Waals surface area contributed by atoms with Gasteiger partial charge in [0.05, 0.1) is 0 Å². The van der Waals surface area contributed by atoms with Crippen molar-refractivity contribution in [1.29, 1.82) is 0 Å². The summed E-state index contributed by atoms with van der Waals surface area (Å²) in [6.45, 7) is 0. The molecular formula is C16H22N2+2. The zero-order chi connectivity index (χ0) is 12.8. The van der Waals surface area contributed by atoms with Crippen molar-refractivity contribution < 1.29 is 9.13 Å². The monoisotopic (exact) mass is 242 g/mol. The molecule has 0 saturated heterocycles. The fraction of sp³-hybridized carbons (Fsp3) is 0.375. The van der Waals surface area contributed by atoms with E-state index in [1.54, 1.807) is 0 Å². The van der Waals surface area contributed by atoms with Gasteiger partial charge in [-0.05, 0) is 36.8 Å². The predicted octanol–water partition coefficient (Wildman–Crippen LogP) is 1.90. The lowest BCUT2D eigenvalue weighted by molar-refractivity contribution is -0.671. The first-order valence-corrected chi connectivity index (χ1v) is 6.62. The Kier molecular flexibility index (Phi) is 4.46. The van der Waals surface area contributed by atoms with Gasteiger partial charge in [-0.25, -0.2) is 9.13 Å². The molecule has 0 unspecified atom stereocenters. The lowest BCUT2D eigenvalue weighted by atomic mass is 10.1. The summed E-state index contributed by atoms with van der Waals surface area (Å²) in [5.41, 5.74) is 2.88. The van der Waals surface area contributed by atoms with Gasteiger partial charge in [-0.1, -0.05) is 0 Å². The van der Waals surface area contributed by atoms with Crippen molar-refractivity contribution in [2.45, 2.75) is 25.7 Å². The fourth-order valence-electron chi connectivity index (χ4n) is 2.06. The maximum absolute atomic E-state index is 2.21. The van der Waals surface area contributed by atoms with Gasteiger partial charge in [0.15, 0.2) is 24.8 Å². The van der Waals surface area contributed by atoms with Gasteiger partial charge in [-0.2, -0.15) is 0 Å². The first-order chi connectivity index (χ1) is 8.74. The number of nitrogens with zero attached hydrogens (tertiary/aromatic N) is 2. The van der Waals surface area contributed by atoms with Crippen LogP contribution in [0.25, 0.3) is 0 Å². The van der Waals surface area contributed by atoms with Crippen LogP contribution in [0.2, 0.25) is 0 Å². The minimum atomic E-state index is 1.18. The molecule has 0 aliphatic carbocycles. The summed E-state index contributed by atoms with van der Waals surface area (Å²) >= 11 is 0. The molecule has 0 bridgehead atoms. The van der Waals surface area contributed by atoms with Gasteiger partial charge in [0.25, 0.3) is 0 Å². The highest BCUT2D eigenvalue weighted by Crippen LogP contribution is 2.07. The molecule has 0 N–H and O–H groups in total. The Morgan fingerprint density at radius 3 is 1.33 bits per heavy atom. The number of pyridine rings is 2. The van der Waals surface area contributed by atoms with Crippen molar-refractivity contribution >= 4 is 0 Å². The van der Waals surface area contributed by atoms with E-state index in [0.29, 0.717) is 0 Å². The summed E-state index contributed by atoms with van der Waals surface area (Å²) in [7, 11) is 4.11. The average molecular weight is 242 g/mol. The molecule has 0 fully saturated rings. The lowest BCUT2D eigenvalue weighted by Gasteiger charge is -2.01. The van der Waals surface area contributed by atoms with Crippen LogP contribution in [0.5, 0.6) is 0 Å². The Hall–Kier alpha value is -1.70. The molecule has 18 heavy (non-hydrogen) atoms. The van der Waals surface area contributed by atoms with E-state index in [-0.39, 0.29) is 0 Å². The molecule has 0 radical (unpaired) electrons. The summed E-state index contributed by atoms with van der Waals surface area (Å²) in [4.78, 5) is 0. The third-order valence-corrected chi connectivity index (χ3v) is 3.28. The molecule has 2 rings (SSSR count). The van der Waals surface area contributed by atoms with Gasteiger partial charge in [0, 0.05) is 24.3 Å². The van der Waals surface area contributed by atoms with Crippen LogP contribution in [-0.2, 0) is 26.9 Å². The highest BCUT2D eigenvalue weighted by atomic mass is 14.9. The number of hydrogen-bond donors (Lipinski definition) is 0. The molecule has 2 aromatic rings. The molecule has 2 heteroatoms. The van der Waals surface area contributed by atoms with Gasteiger partial charge >= 0.3 is 0 Å². The molecule has 2 aromatic heterocycles. The molecule has 0 saturated carbocycles. The van der Waals surface area contributed by atoms with Crippen LogP contribution in [0, 0.1) is 0 Å². The van der Waals surface area contributed by atoms with Crippen LogP contribution in [0.1, 0.15) is 24.0 Å². The van der Waals surface area contributed by atoms with E-state index in [2.05, 4.69) is 72.3 Å². The smallest absolute Gasteiger partial charge is 0.168 e. The van der Waals surface area contributed by atoms with Crippen LogP contribution in [0.4, 0.5) is 0 Å². The van der Waals surface area contributed by atoms with Crippen LogP contribution in [-0.4, -0.2) is 0 Å². The molecule has 0 spiro atoms. The first kappa shape index (κ1) is 12.7. The average Bonchev–Trinajstić information content (AvgIpc) is 2.39. The lowest BCUT2D eigenvalue weighted by Crippen LogP contribution is -2.26. The molecule has 0 aromatic carbocycles. The van der Waals surface area contributed by atoms with Crippen molar-refractivity contribution in [1.82, 2.24) is 0 Å². The Morgan fingerprint density at radius 2 is 1.00 bits per heavy atom. The number of unbranched alkanes of at least 4 members (excludes halogenated alkanes) is 1. The maximum atomic E-state index is 2.21. The molecule has 0 aliphatic heterocycles. The predicted molar refractivity (Wildman–Crippen MR) is 71.9 cm³/mol. The summed E-state index contributed by atoms with van der Waals surface area (Å²) in [6.07, 6.45) is 13.4. The van der Waals surface area contributed by atoms with Gasteiger partial charge < -0.3 is 0 Å². The second kappa shape index (κ2) is 6.29. The SMILES string of the molecule is C[n+]1ccc(CCCCc2cc[n+](C)cc2)cc1.